The lowest BCUT2D eigenvalue weighted by atomic mass is 10.1. The van der Waals surface area contributed by atoms with E-state index in [9.17, 15) is 0 Å². The Labute approximate surface area is 122 Å². The summed E-state index contributed by atoms with van der Waals surface area (Å²) in [4.78, 5) is 2.47. The predicted octanol–water partition coefficient (Wildman–Crippen LogP) is 3.99. The molecule has 2 rings (SSSR count). The zero-order chi connectivity index (χ0) is 14.4. The van der Waals surface area contributed by atoms with Crippen LogP contribution in [-0.4, -0.2) is 11.4 Å². The summed E-state index contributed by atoms with van der Waals surface area (Å²) in [5.74, 6) is 0. The molecule has 0 atom stereocenters. The van der Waals surface area contributed by atoms with Gasteiger partial charge in [-0.3, -0.25) is 4.90 Å². The molecule has 2 N–H and O–H groups in total. The molecule has 0 aromatic heterocycles. The van der Waals surface area contributed by atoms with Crippen molar-refractivity contribution in [1.82, 2.24) is 4.90 Å². The fourth-order valence-corrected chi connectivity index (χ4v) is 2.43. The van der Waals surface area contributed by atoms with Crippen molar-refractivity contribution < 1.29 is 0 Å². The summed E-state index contributed by atoms with van der Waals surface area (Å²) in [5.41, 5.74) is 10.7. The van der Waals surface area contributed by atoms with E-state index in [0.29, 0.717) is 0 Å². The highest BCUT2D eigenvalue weighted by molar-refractivity contribution is 5.40. The third kappa shape index (κ3) is 4.39. The van der Waals surface area contributed by atoms with Crippen molar-refractivity contribution in [1.29, 1.82) is 0 Å². The average molecular weight is 268 g/mol. The Morgan fingerprint density at radius 2 is 1.65 bits per heavy atom. The number of hydrogen-bond acceptors (Lipinski definition) is 2. The van der Waals surface area contributed by atoms with Crippen LogP contribution >= 0.6 is 0 Å². The Morgan fingerprint density at radius 3 is 2.30 bits per heavy atom. The predicted molar refractivity (Wildman–Crippen MR) is 86.4 cm³/mol. The molecule has 0 heterocycles. The van der Waals surface area contributed by atoms with Crippen molar-refractivity contribution in [2.45, 2.75) is 33.4 Å². The van der Waals surface area contributed by atoms with Crippen LogP contribution in [0.1, 0.15) is 30.0 Å². The quantitative estimate of drug-likeness (QED) is 0.803. The Balaban J connectivity index is 2.05. The summed E-state index contributed by atoms with van der Waals surface area (Å²) in [5, 5.41) is 0. The fourth-order valence-electron chi connectivity index (χ4n) is 2.43. The minimum Gasteiger partial charge on any atom is -0.399 e. The van der Waals surface area contributed by atoms with Crippen LogP contribution in [0.25, 0.3) is 0 Å². The summed E-state index contributed by atoms with van der Waals surface area (Å²) >= 11 is 0. The third-order valence-electron chi connectivity index (χ3n) is 3.42. The van der Waals surface area contributed by atoms with Gasteiger partial charge >= 0.3 is 0 Å². The minimum atomic E-state index is 0.842. The van der Waals surface area contributed by atoms with Gasteiger partial charge in [-0.25, -0.2) is 0 Å². The molecule has 0 saturated heterocycles. The Kier molecular flexibility index (Phi) is 5.19. The van der Waals surface area contributed by atoms with Gasteiger partial charge in [-0.05, 0) is 43.1 Å². The monoisotopic (exact) mass is 268 g/mol. The normalized spacial score (nSPS) is 10.9. The van der Waals surface area contributed by atoms with E-state index in [-0.39, 0.29) is 0 Å². The van der Waals surface area contributed by atoms with Crippen LogP contribution in [0.5, 0.6) is 0 Å². The number of hydrogen-bond donors (Lipinski definition) is 1. The van der Waals surface area contributed by atoms with Gasteiger partial charge in [-0.2, -0.15) is 0 Å². The maximum atomic E-state index is 5.86. The van der Waals surface area contributed by atoms with Crippen molar-refractivity contribution in [2.24, 2.45) is 0 Å². The molecule has 2 aromatic carbocycles. The van der Waals surface area contributed by atoms with Crippen LogP contribution in [0, 0.1) is 6.92 Å². The zero-order valence-electron chi connectivity index (χ0n) is 12.5. The second-order valence-electron chi connectivity index (χ2n) is 5.44. The van der Waals surface area contributed by atoms with Crippen molar-refractivity contribution in [2.75, 3.05) is 12.3 Å². The minimum absolute atomic E-state index is 0.842. The smallest absolute Gasteiger partial charge is 0.0317 e. The molecule has 0 aliphatic heterocycles. The molecule has 0 unspecified atom stereocenters. The summed E-state index contributed by atoms with van der Waals surface area (Å²) in [6.07, 6.45) is 1.16. The van der Waals surface area contributed by atoms with Gasteiger partial charge < -0.3 is 5.73 Å². The second kappa shape index (κ2) is 7.11. The Bertz CT molecular complexity index is 531. The summed E-state index contributed by atoms with van der Waals surface area (Å²) in [7, 11) is 0. The number of rotatable bonds is 6. The molecule has 2 aromatic rings. The van der Waals surface area contributed by atoms with Gasteiger partial charge in [0.1, 0.15) is 0 Å². The molecular formula is C18H24N2. The number of anilines is 1. The van der Waals surface area contributed by atoms with Crippen LogP contribution in [-0.2, 0) is 13.1 Å². The molecule has 106 valence electrons. The first-order valence-electron chi connectivity index (χ1n) is 7.29. The summed E-state index contributed by atoms with van der Waals surface area (Å²) in [6, 6.07) is 17.0. The van der Waals surface area contributed by atoms with Crippen molar-refractivity contribution >= 4 is 5.69 Å². The molecule has 0 bridgehead atoms. The molecule has 0 radical (unpaired) electrons. The maximum absolute atomic E-state index is 5.86. The first kappa shape index (κ1) is 14.6. The first-order valence-corrected chi connectivity index (χ1v) is 7.29. The number of benzene rings is 2. The van der Waals surface area contributed by atoms with Crippen LogP contribution in [0.15, 0.2) is 48.5 Å². The van der Waals surface area contributed by atoms with E-state index in [0.717, 1.165) is 31.7 Å². The topological polar surface area (TPSA) is 29.3 Å². The standard InChI is InChI=1S/C18H24N2/c1-3-11-20(13-16-9-7-15(2)8-10-16)14-17-5-4-6-18(19)12-17/h4-10,12H,3,11,13-14,19H2,1-2H3. The van der Waals surface area contributed by atoms with Gasteiger partial charge in [-0.15, -0.1) is 0 Å². The van der Waals surface area contributed by atoms with Crippen LogP contribution < -0.4 is 5.73 Å². The number of nitrogen functional groups attached to an aromatic ring is 1. The lowest BCUT2D eigenvalue weighted by Crippen LogP contribution is -2.23. The van der Waals surface area contributed by atoms with Crippen molar-refractivity contribution in [3.05, 3.63) is 65.2 Å². The third-order valence-corrected chi connectivity index (χ3v) is 3.42. The van der Waals surface area contributed by atoms with Gasteiger partial charge in [0.15, 0.2) is 0 Å². The SMILES string of the molecule is CCCN(Cc1ccc(C)cc1)Cc1cccc(N)c1. The van der Waals surface area contributed by atoms with Crippen LogP contribution in [0.2, 0.25) is 0 Å². The van der Waals surface area contributed by atoms with E-state index in [2.05, 4.69) is 55.1 Å². The number of aryl methyl sites for hydroxylation is 1. The molecule has 2 heteroatoms. The van der Waals surface area contributed by atoms with E-state index in [1.165, 1.54) is 16.7 Å². The van der Waals surface area contributed by atoms with E-state index >= 15 is 0 Å². The highest BCUT2D eigenvalue weighted by atomic mass is 15.1. The molecular weight excluding hydrogens is 244 g/mol. The van der Waals surface area contributed by atoms with Gasteiger partial charge in [0.25, 0.3) is 0 Å². The second-order valence-corrected chi connectivity index (χ2v) is 5.44. The number of nitrogens with two attached hydrogens (primary N) is 1. The van der Waals surface area contributed by atoms with Gasteiger partial charge in [-0.1, -0.05) is 48.9 Å². The molecule has 20 heavy (non-hydrogen) atoms. The molecule has 0 saturated carbocycles. The van der Waals surface area contributed by atoms with Crippen molar-refractivity contribution in [3.8, 4) is 0 Å². The first-order chi connectivity index (χ1) is 9.67. The molecule has 2 nitrogen and oxygen atoms in total. The molecule has 0 spiro atoms. The molecule has 0 aliphatic rings. The Morgan fingerprint density at radius 1 is 0.950 bits per heavy atom. The molecule has 0 aliphatic carbocycles. The highest BCUT2D eigenvalue weighted by Gasteiger charge is 2.06. The van der Waals surface area contributed by atoms with Crippen molar-refractivity contribution in [3.63, 3.8) is 0 Å². The summed E-state index contributed by atoms with van der Waals surface area (Å²) < 4.78 is 0. The van der Waals surface area contributed by atoms with E-state index in [1.807, 2.05) is 12.1 Å². The number of nitrogens with zero attached hydrogens (tertiary/aromatic N) is 1. The molecule has 0 fully saturated rings. The maximum Gasteiger partial charge on any atom is 0.0317 e. The zero-order valence-corrected chi connectivity index (χ0v) is 12.5. The lowest BCUT2D eigenvalue weighted by Gasteiger charge is -2.22. The fraction of sp³-hybridized carbons (Fsp3) is 0.333. The van der Waals surface area contributed by atoms with Crippen LogP contribution in [0.3, 0.4) is 0 Å². The Hall–Kier alpha value is -1.80. The van der Waals surface area contributed by atoms with E-state index < -0.39 is 0 Å². The van der Waals surface area contributed by atoms with Gasteiger partial charge in [0, 0.05) is 18.8 Å². The van der Waals surface area contributed by atoms with E-state index in [1.54, 1.807) is 0 Å². The lowest BCUT2D eigenvalue weighted by molar-refractivity contribution is 0.257. The molecule has 0 amide bonds. The van der Waals surface area contributed by atoms with Crippen LogP contribution in [0.4, 0.5) is 5.69 Å². The highest BCUT2D eigenvalue weighted by Crippen LogP contribution is 2.13. The van der Waals surface area contributed by atoms with E-state index in [4.69, 9.17) is 5.73 Å². The van der Waals surface area contributed by atoms with Gasteiger partial charge in [0.05, 0.1) is 0 Å². The van der Waals surface area contributed by atoms with Gasteiger partial charge in [0.2, 0.25) is 0 Å². The average Bonchev–Trinajstić information content (AvgIpc) is 2.42. The largest absolute Gasteiger partial charge is 0.399 e. The summed E-state index contributed by atoms with van der Waals surface area (Å²) in [6.45, 7) is 7.39.